The summed E-state index contributed by atoms with van der Waals surface area (Å²) in [6.07, 6.45) is 0.817. The van der Waals surface area contributed by atoms with E-state index < -0.39 is 11.9 Å². The number of rotatable bonds is 6. The van der Waals surface area contributed by atoms with Gasteiger partial charge >= 0.3 is 5.97 Å². The van der Waals surface area contributed by atoms with Crippen molar-refractivity contribution in [2.75, 3.05) is 13.1 Å². The van der Waals surface area contributed by atoms with Crippen LogP contribution >= 0.6 is 0 Å². The summed E-state index contributed by atoms with van der Waals surface area (Å²) >= 11 is 0. The van der Waals surface area contributed by atoms with E-state index in [1.165, 1.54) is 19.1 Å². The molecule has 0 radical (unpaired) electrons. The maximum Gasteiger partial charge on any atom is 0.337 e. The molecule has 0 aromatic carbocycles. The predicted octanol–water partition coefficient (Wildman–Crippen LogP) is 0.344. The summed E-state index contributed by atoms with van der Waals surface area (Å²) in [4.78, 5) is 37.8. The second kappa shape index (κ2) is 7.22. The summed E-state index contributed by atoms with van der Waals surface area (Å²) in [7, 11) is 0. The minimum absolute atomic E-state index is 0.0437. The maximum atomic E-state index is 11.8. The molecule has 0 aliphatic rings. The van der Waals surface area contributed by atoms with Crippen LogP contribution in [0.4, 0.5) is 0 Å². The second-order valence-electron chi connectivity index (χ2n) is 4.17. The molecular weight excluding hydrogens is 262 g/mol. The van der Waals surface area contributed by atoms with Crippen LogP contribution in [0.1, 0.15) is 39.9 Å². The molecule has 1 aromatic heterocycles. The molecule has 1 heterocycles. The summed E-state index contributed by atoms with van der Waals surface area (Å²) in [5, 5.41) is 13.9. The highest BCUT2D eigenvalue weighted by Gasteiger charge is 2.13. The first-order valence-electron chi connectivity index (χ1n) is 6.21. The highest BCUT2D eigenvalue weighted by atomic mass is 16.4. The zero-order valence-electron chi connectivity index (χ0n) is 11.4. The second-order valence-corrected chi connectivity index (χ2v) is 4.17. The number of hydrogen-bond acceptors (Lipinski definition) is 4. The van der Waals surface area contributed by atoms with Gasteiger partial charge in [-0.25, -0.2) is 9.78 Å². The molecule has 2 amide bonds. The zero-order valence-corrected chi connectivity index (χ0v) is 11.4. The van der Waals surface area contributed by atoms with Crippen LogP contribution in [0, 0.1) is 6.92 Å². The molecule has 0 unspecified atom stereocenters. The van der Waals surface area contributed by atoms with Crippen molar-refractivity contribution in [2.24, 2.45) is 0 Å². The molecular formula is C13H17N3O4. The van der Waals surface area contributed by atoms with Gasteiger partial charge in [0.2, 0.25) is 5.91 Å². The highest BCUT2D eigenvalue weighted by Crippen LogP contribution is 2.06. The van der Waals surface area contributed by atoms with Gasteiger partial charge in [0, 0.05) is 6.54 Å². The molecule has 0 spiro atoms. The van der Waals surface area contributed by atoms with Gasteiger partial charge < -0.3 is 15.7 Å². The van der Waals surface area contributed by atoms with Gasteiger partial charge in [0.25, 0.3) is 5.91 Å². The number of carboxylic acid groups (broad SMARTS) is 1. The first-order chi connectivity index (χ1) is 9.45. The minimum atomic E-state index is -1.10. The molecule has 7 heteroatoms. The quantitative estimate of drug-likeness (QED) is 0.696. The lowest BCUT2D eigenvalue weighted by Gasteiger charge is -2.07. The third-order valence-electron chi connectivity index (χ3n) is 2.53. The Bertz CT molecular complexity index is 528. The fraction of sp³-hybridized carbons (Fsp3) is 0.385. The summed E-state index contributed by atoms with van der Waals surface area (Å²) in [6, 6.07) is 2.63. The lowest BCUT2D eigenvalue weighted by molar-refractivity contribution is -0.120. The number of hydrogen-bond donors (Lipinski definition) is 3. The fourth-order valence-corrected chi connectivity index (χ4v) is 1.49. The van der Waals surface area contributed by atoms with Crippen molar-refractivity contribution in [3.8, 4) is 0 Å². The van der Waals surface area contributed by atoms with Gasteiger partial charge in [-0.1, -0.05) is 6.92 Å². The fourth-order valence-electron chi connectivity index (χ4n) is 1.49. The van der Waals surface area contributed by atoms with E-state index in [9.17, 15) is 14.4 Å². The van der Waals surface area contributed by atoms with Gasteiger partial charge in [-0.3, -0.25) is 9.59 Å². The Morgan fingerprint density at radius 3 is 2.50 bits per heavy atom. The van der Waals surface area contributed by atoms with Crippen LogP contribution in [-0.4, -0.2) is 41.0 Å². The first kappa shape index (κ1) is 15.6. The minimum Gasteiger partial charge on any atom is -0.478 e. The average Bonchev–Trinajstić information content (AvgIpc) is 2.41. The van der Waals surface area contributed by atoms with E-state index in [1.807, 2.05) is 6.92 Å². The summed E-state index contributed by atoms with van der Waals surface area (Å²) in [6.45, 7) is 3.85. The van der Waals surface area contributed by atoms with E-state index in [0.717, 1.165) is 6.42 Å². The van der Waals surface area contributed by atoms with Crippen LogP contribution in [0.5, 0.6) is 0 Å². The van der Waals surface area contributed by atoms with Crippen molar-refractivity contribution in [2.45, 2.75) is 20.3 Å². The van der Waals surface area contributed by atoms with E-state index in [2.05, 4.69) is 15.6 Å². The van der Waals surface area contributed by atoms with Crippen molar-refractivity contribution in [3.05, 3.63) is 29.1 Å². The Kier molecular flexibility index (Phi) is 5.64. The molecule has 7 nitrogen and oxygen atoms in total. The lowest BCUT2D eigenvalue weighted by atomic mass is 10.2. The number of nitrogens with zero attached hydrogens (tertiary/aromatic N) is 1. The average molecular weight is 279 g/mol. The molecule has 20 heavy (non-hydrogen) atoms. The Hall–Kier alpha value is -2.44. The SMILES string of the molecule is CCCNC(=O)CNC(=O)c1ccc(C(=O)O)c(C)n1. The smallest absolute Gasteiger partial charge is 0.337 e. The Balaban J connectivity index is 2.62. The molecule has 3 N–H and O–H groups in total. The Morgan fingerprint density at radius 2 is 1.95 bits per heavy atom. The molecule has 0 aliphatic heterocycles. The number of carbonyl (C=O) groups excluding carboxylic acids is 2. The van der Waals surface area contributed by atoms with E-state index >= 15 is 0 Å². The van der Waals surface area contributed by atoms with Crippen LogP contribution in [0.25, 0.3) is 0 Å². The van der Waals surface area contributed by atoms with E-state index in [-0.39, 0.29) is 29.4 Å². The topological polar surface area (TPSA) is 108 Å². The van der Waals surface area contributed by atoms with E-state index in [0.29, 0.717) is 6.54 Å². The third-order valence-corrected chi connectivity index (χ3v) is 2.53. The molecule has 0 saturated heterocycles. The number of aromatic carboxylic acids is 1. The number of aromatic nitrogens is 1. The summed E-state index contributed by atoms with van der Waals surface area (Å²) < 4.78 is 0. The molecule has 0 bridgehead atoms. The number of pyridine rings is 1. The highest BCUT2D eigenvalue weighted by molar-refractivity contribution is 5.96. The predicted molar refractivity (Wildman–Crippen MR) is 71.6 cm³/mol. The molecule has 108 valence electrons. The number of carbonyl (C=O) groups is 3. The Morgan fingerprint density at radius 1 is 1.25 bits per heavy atom. The monoisotopic (exact) mass is 279 g/mol. The van der Waals surface area contributed by atoms with Gasteiger partial charge in [-0.15, -0.1) is 0 Å². The van der Waals surface area contributed by atoms with Gasteiger partial charge in [-0.05, 0) is 25.5 Å². The van der Waals surface area contributed by atoms with Crippen LogP contribution < -0.4 is 10.6 Å². The number of carboxylic acids is 1. The molecule has 0 fully saturated rings. The van der Waals surface area contributed by atoms with E-state index in [1.54, 1.807) is 0 Å². The van der Waals surface area contributed by atoms with Gasteiger partial charge in [-0.2, -0.15) is 0 Å². The van der Waals surface area contributed by atoms with Crippen molar-refractivity contribution >= 4 is 17.8 Å². The van der Waals surface area contributed by atoms with Gasteiger partial charge in [0.1, 0.15) is 5.69 Å². The largest absolute Gasteiger partial charge is 0.478 e. The van der Waals surface area contributed by atoms with Crippen molar-refractivity contribution in [1.29, 1.82) is 0 Å². The zero-order chi connectivity index (χ0) is 15.1. The van der Waals surface area contributed by atoms with E-state index in [4.69, 9.17) is 5.11 Å². The maximum absolute atomic E-state index is 11.8. The molecule has 1 aromatic rings. The van der Waals surface area contributed by atoms with Crippen molar-refractivity contribution < 1.29 is 19.5 Å². The molecule has 0 atom stereocenters. The van der Waals surface area contributed by atoms with Crippen molar-refractivity contribution in [1.82, 2.24) is 15.6 Å². The van der Waals surface area contributed by atoms with Gasteiger partial charge in [0.15, 0.2) is 0 Å². The normalized spacial score (nSPS) is 9.90. The third kappa shape index (κ3) is 4.34. The Labute approximate surface area is 116 Å². The molecule has 0 aliphatic carbocycles. The molecule has 1 rings (SSSR count). The van der Waals surface area contributed by atoms with Crippen LogP contribution in [0.15, 0.2) is 12.1 Å². The number of nitrogens with one attached hydrogen (secondary N) is 2. The standard InChI is InChI=1S/C13H17N3O4/c1-3-6-14-11(17)7-15-12(18)10-5-4-9(13(19)20)8(2)16-10/h4-5H,3,6-7H2,1-2H3,(H,14,17)(H,15,18)(H,19,20). The lowest BCUT2D eigenvalue weighted by Crippen LogP contribution is -2.37. The first-order valence-corrected chi connectivity index (χ1v) is 6.21. The number of amides is 2. The van der Waals surface area contributed by atoms with Crippen molar-refractivity contribution in [3.63, 3.8) is 0 Å². The van der Waals surface area contributed by atoms with Crippen LogP contribution in [-0.2, 0) is 4.79 Å². The van der Waals surface area contributed by atoms with Gasteiger partial charge in [0.05, 0.1) is 17.8 Å². The summed E-state index contributed by atoms with van der Waals surface area (Å²) in [5.74, 6) is -1.89. The van der Waals surface area contributed by atoms with Crippen LogP contribution in [0.3, 0.4) is 0 Å². The molecule has 0 saturated carbocycles. The number of aryl methyl sites for hydroxylation is 1. The van der Waals surface area contributed by atoms with Crippen LogP contribution in [0.2, 0.25) is 0 Å². The summed E-state index contributed by atoms with van der Waals surface area (Å²) in [5.41, 5.74) is 0.374.